The van der Waals surface area contributed by atoms with Crippen LogP contribution in [0.5, 0.6) is 0 Å². The number of carbonyl (C=O) groups is 2. The van der Waals surface area contributed by atoms with Gasteiger partial charge in [-0.25, -0.2) is 0 Å². The van der Waals surface area contributed by atoms with E-state index >= 15 is 0 Å². The molecule has 0 aliphatic rings. The highest BCUT2D eigenvalue weighted by Crippen LogP contribution is 2.18. The van der Waals surface area contributed by atoms with Crippen molar-refractivity contribution in [3.8, 4) is 0 Å². The number of hydrogen-bond donors (Lipinski definition) is 1. The van der Waals surface area contributed by atoms with E-state index in [0.717, 1.165) is 16.5 Å². The van der Waals surface area contributed by atoms with Crippen molar-refractivity contribution in [3.05, 3.63) is 64.0 Å². The minimum atomic E-state index is -0.143. The summed E-state index contributed by atoms with van der Waals surface area (Å²) >= 11 is 1.22. The number of nitrogens with one attached hydrogen (secondary N) is 1. The number of fused-ring (bicyclic) bond motifs is 1. The minimum absolute atomic E-state index is 0.0177. The third kappa shape index (κ3) is 3.46. The molecule has 2 aromatic heterocycles. The van der Waals surface area contributed by atoms with Crippen LogP contribution in [-0.2, 0) is 6.42 Å². The van der Waals surface area contributed by atoms with E-state index in [1.807, 2.05) is 30.3 Å². The first kappa shape index (κ1) is 15.4. The molecule has 1 amide bonds. The van der Waals surface area contributed by atoms with Gasteiger partial charge in [0.25, 0.3) is 5.91 Å². The molecule has 23 heavy (non-hydrogen) atoms. The second-order valence-corrected chi connectivity index (χ2v) is 6.30. The number of carbonyl (C=O) groups excluding carboxylic acids is 2. The molecule has 0 radical (unpaired) electrons. The highest BCUT2D eigenvalue weighted by molar-refractivity contribution is 7.15. The lowest BCUT2D eigenvalue weighted by molar-refractivity contribution is 0.0957. The summed E-state index contributed by atoms with van der Waals surface area (Å²) < 4.78 is 0. The molecule has 1 N–H and O–H groups in total. The molecule has 5 heteroatoms. The summed E-state index contributed by atoms with van der Waals surface area (Å²) in [5, 5.41) is 3.99. The average molecular weight is 324 g/mol. The summed E-state index contributed by atoms with van der Waals surface area (Å²) in [6, 6.07) is 13.4. The van der Waals surface area contributed by atoms with Gasteiger partial charge in [0.15, 0.2) is 5.78 Å². The number of Topliss-reactive ketones (excluding diaryl/α,β-unsaturated/α-hetero) is 1. The molecule has 0 fully saturated rings. The van der Waals surface area contributed by atoms with Crippen molar-refractivity contribution in [1.29, 1.82) is 0 Å². The summed E-state index contributed by atoms with van der Waals surface area (Å²) in [6.07, 6.45) is 2.49. The van der Waals surface area contributed by atoms with Crippen molar-refractivity contribution in [2.45, 2.75) is 13.3 Å². The van der Waals surface area contributed by atoms with E-state index in [1.54, 1.807) is 18.3 Å². The third-order valence-corrected chi connectivity index (χ3v) is 4.76. The number of benzene rings is 1. The van der Waals surface area contributed by atoms with E-state index < -0.39 is 0 Å². The lowest BCUT2D eigenvalue weighted by Crippen LogP contribution is -2.24. The van der Waals surface area contributed by atoms with Crippen LogP contribution in [0.1, 0.15) is 31.8 Å². The van der Waals surface area contributed by atoms with E-state index in [4.69, 9.17) is 0 Å². The molecule has 0 atom stereocenters. The maximum atomic E-state index is 12.1. The summed E-state index contributed by atoms with van der Waals surface area (Å²) in [7, 11) is 0. The smallest absolute Gasteiger partial charge is 0.261 e. The quantitative estimate of drug-likeness (QED) is 0.731. The monoisotopic (exact) mass is 324 g/mol. The lowest BCUT2D eigenvalue weighted by atomic mass is 10.1. The number of amides is 1. The number of hydrogen-bond acceptors (Lipinski definition) is 4. The van der Waals surface area contributed by atoms with Gasteiger partial charge in [-0.2, -0.15) is 0 Å². The molecule has 0 spiro atoms. The van der Waals surface area contributed by atoms with Gasteiger partial charge in [-0.1, -0.05) is 24.3 Å². The van der Waals surface area contributed by atoms with Crippen LogP contribution in [0.15, 0.2) is 48.7 Å². The zero-order valence-electron chi connectivity index (χ0n) is 12.7. The second-order valence-electron chi connectivity index (χ2n) is 5.22. The van der Waals surface area contributed by atoms with Gasteiger partial charge in [-0.3, -0.25) is 14.6 Å². The van der Waals surface area contributed by atoms with E-state index in [0.29, 0.717) is 22.7 Å². The Kier molecular flexibility index (Phi) is 4.48. The van der Waals surface area contributed by atoms with E-state index in [1.165, 1.54) is 18.3 Å². The van der Waals surface area contributed by atoms with Gasteiger partial charge in [0.1, 0.15) is 0 Å². The van der Waals surface area contributed by atoms with E-state index in [-0.39, 0.29) is 11.7 Å². The largest absolute Gasteiger partial charge is 0.351 e. The van der Waals surface area contributed by atoms with Crippen LogP contribution >= 0.6 is 11.3 Å². The average Bonchev–Trinajstić information content (AvgIpc) is 3.05. The summed E-state index contributed by atoms with van der Waals surface area (Å²) in [5.41, 5.74) is 2.08. The summed E-state index contributed by atoms with van der Waals surface area (Å²) in [6.45, 7) is 2.03. The highest BCUT2D eigenvalue weighted by atomic mass is 32.1. The summed E-state index contributed by atoms with van der Waals surface area (Å²) in [4.78, 5) is 29.0. The van der Waals surface area contributed by atoms with Crippen molar-refractivity contribution >= 4 is 33.9 Å². The molecule has 3 aromatic rings. The maximum Gasteiger partial charge on any atom is 0.261 e. The number of aromatic nitrogens is 1. The van der Waals surface area contributed by atoms with Crippen molar-refractivity contribution < 1.29 is 9.59 Å². The van der Waals surface area contributed by atoms with Crippen LogP contribution in [0.25, 0.3) is 10.9 Å². The maximum absolute atomic E-state index is 12.1. The number of nitrogens with zero attached hydrogens (tertiary/aromatic N) is 1. The molecule has 4 nitrogen and oxygen atoms in total. The van der Waals surface area contributed by atoms with Gasteiger partial charge < -0.3 is 5.32 Å². The molecule has 0 saturated heterocycles. The van der Waals surface area contributed by atoms with E-state index in [9.17, 15) is 9.59 Å². The van der Waals surface area contributed by atoms with E-state index in [2.05, 4.69) is 10.3 Å². The first-order valence-electron chi connectivity index (χ1n) is 7.37. The third-order valence-electron chi connectivity index (χ3n) is 3.57. The Balaban J connectivity index is 1.64. The molecular formula is C18H16N2O2S. The van der Waals surface area contributed by atoms with Gasteiger partial charge in [-0.15, -0.1) is 11.3 Å². The molecular weight excluding hydrogens is 308 g/mol. The van der Waals surface area contributed by atoms with Gasteiger partial charge in [0, 0.05) is 18.1 Å². The number of rotatable bonds is 5. The normalized spacial score (nSPS) is 10.7. The zero-order valence-corrected chi connectivity index (χ0v) is 13.5. The van der Waals surface area contributed by atoms with Crippen LogP contribution in [0.3, 0.4) is 0 Å². The van der Waals surface area contributed by atoms with Crippen molar-refractivity contribution in [2.75, 3.05) is 6.54 Å². The fourth-order valence-electron chi connectivity index (χ4n) is 2.42. The Morgan fingerprint density at radius 3 is 2.65 bits per heavy atom. The fraction of sp³-hybridized carbons (Fsp3) is 0.167. The SMILES string of the molecule is CC(=O)c1ccc(C(=O)NCCc2cccc3cccnc23)s1. The van der Waals surface area contributed by atoms with Gasteiger partial charge in [0.05, 0.1) is 15.3 Å². The molecule has 2 heterocycles. The first-order chi connectivity index (χ1) is 11.1. The standard InChI is InChI=1S/C18H16N2O2S/c1-12(21)15-7-8-16(23-15)18(22)20-11-9-14-5-2-4-13-6-3-10-19-17(13)14/h2-8,10H,9,11H2,1H3,(H,20,22). The van der Waals surface area contributed by atoms with Crippen molar-refractivity contribution in [1.82, 2.24) is 10.3 Å². The minimum Gasteiger partial charge on any atom is -0.351 e. The highest BCUT2D eigenvalue weighted by Gasteiger charge is 2.11. The molecule has 3 rings (SSSR count). The van der Waals surface area contributed by atoms with Crippen LogP contribution in [-0.4, -0.2) is 23.2 Å². The van der Waals surface area contributed by atoms with Gasteiger partial charge >= 0.3 is 0 Å². The van der Waals surface area contributed by atoms with Crippen LogP contribution in [0, 0.1) is 0 Å². The molecule has 0 saturated carbocycles. The molecule has 0 bridgehead atoms. The number of thiophene rings is 1. The van der Waals surface area contributed by atoms with Gasteiger partial charge in [-0.05, 0) is 37.1 Å². The Morgan fingerprint density at radius 1 is 1.09 bits per heavy atom. The Bertz CT molecular complexity index is 865. The van der Waals surface area contributed by atoms with Crippen LogP contribution in [0.2, 0.25) is 0 Å². The molecule has 0 aliphatic carbocycles. The first-order valence-corrected chi connectivity index (χ1v) is 8.18. The van der Waals surface area contributed by atoms with Crippen LogP contribution < -0.4 is 5.32 Å². The molecule has 116 valence electrons. The predicted octanol–water partition coefficient (Wildman–Crippen LogP) is 3.47. The molecule has 0 aliphatic heterocycles. The zero-order chi connectivity index (χ0) is 16.2. The number of pyridine rings is 1. The number of ketones is 1. The molecule has 0 unspecified atom stereocenters. The summed E-state index contributed by atoms with van der Waals surface area (Å²) in [5.74, 6) is -0.161. The lowest BCUT2D eigenvalue weighted by Gasteiger charge is -2.06. The topological polar surface area (TPSA) is 59.1 Å². The Labute approximate surface area is 138 Å². The van der Waals surface area contributed by atoms with Crippen molar-refractivity contribution in [2.24, 2.45) is 0 Å². The fourth-order valence-corrected chi connectivity index (χ4v) is 3.23. The number of para-hydroxylation sites is 1. The Hall–Kier alpha value is -2.53. The molecule has 1 aromatic carbocycles. The van der Waals surface area contributed by atoms with Gasteiger partial charge in [0.2, 0.25) is 0 Å². The second kappa shape index (κ2) is 6.71. The van der Waals surface area contributed by atoms with Crippen LogP contribution in [0.4, 0.5) is 0 Å². The van der Waals surface area contributed by atoms with Crippen molar-refractivity contribution in [3.63, 3.8) is 0 Å². The predicted molar refractivity (Wildman–Crippen MR) is 92.1 cm³/mol. The Morgan fingerprint density at radius 2 is 1.87 bits per heavy atom.